The van der Waals surface area contributed by atoms with Gasteiger partial charge in [0.2, 0.25) is 0 Å². The highest BCUT2D eigenvalue weighted by Crippen LogP contribution is 2.19. The molecule has 0 aromatic heterocycles. The Morgan fingerprint density at radius 2 is 2.31 bits per heavy atom. The van der Waals surface area contributed by atoms with Gasteiger partial charge in [-0.1, -0.05) is 15.9 Å². The third-order valence-corrected chi connectivity index (χ3v) is 2.42. The molecule has 1 aromatic carbocycles. The topological polar surface area (TPSA) is 38.3 Å². The summed E-state index contributed by atoms with van der Waals surface area (Å²) in [4.78, 5) is 11.4. The molecule has 0 saturated carbocycles. The van der Waals surface area contributed by atoms with Crippen molar-refractivity contribution in [3.05, 3.63) is 40.6 Å². The summed E-state index contributed by atoms with van der Waals surface area (Å²) < 4.78 is 5.94. The average molecular weight is 284 g/mol. The van der Waals surface area contributed by atoms with E-state index in [2.05, 4.69) is 21.2 Å². The molecule has 0 aliphatic carbocycles. The molecular weight excluding hydrogens is 270 g/mol. The number of rotatable bonds is 4. The second-order valence-corrected chi connectivity index (χ2v) is 4.12. The summed E-state index contributed by atoms with van der Waals surface area (Å²) in [5.74, 6) is -0.195. The van der Waals surface area contributed by atoms with E-state index in [0.29, 0.717) is 6.61 Å². The Hall–Kier alpha value is -1.29. The Balaban J connectivity index is 2.63. The number of halogens is 1. The van der Waals surface area contributed by atoms with E-state index < -0.39 is 0 Å². The lowest BCUT2D eigenvalue weighted by atomic mass is 10.2. The van der Waals surface area contributed by atoms with E-state index >= 15 is 0 Å². The standard InChI is InChI=1S/C12H14BrNO2/c1-3-16-7-6-12(15)14-11-5-4-10(13)8-9(11)2/h4-8H,3H2,1-2H3,(H,14,15)/b7-6+. The molecule has 0 spiro atoms. The third-order valence-electron chi connectivity index (χ3n) is 1.93. The van der Waals surface area contributed by atoms with Gasteiger partial charge in [-0.05, 0) is 37.6 Å². The van der Waals surface area contributed by atoms with Gasteiger partial charge in [-0.3, -0.25) is 4.79 Å². The first-order valence-corrected chi connectivity index (χ1v) is 5.78. The summed E-state index contributed by atoms with van der Waals surface area (Å²) in [5.41, 5.74) is 1.81. The molecule has 86 valence electrons. The van der Waals surface area contributed by atoms with Gasteiger partial charge in [0.1, 0.15) is 0 Å². The molecule has 1 amide bonds. The molecule has 0 atom stereocenters. The zero-order valence-corrected chi connectivity index (χ0v) is 10.9. The second kappa shape index (κ2) is 6.33. The Morgan fingerprint density at radius 1 is 1.56 bits per heavy atom. The van der Waals surface area contributed by atoms with Crippen LogP contribution in [0.1, 0.15) is 12.5 Å². The van der Waals surface area contributed by atoms with Crippen LogP contribution >= 0.6 is 15.9 Å². The van der Waals surface area contributed by atoms with Gasteiger partial charge >= 0.3 is 0 Å². The van der Waals surface area contributed by atoms with Crippen molar-refractivity contribution in [2.24, 2.45) is 0 Å². The van der Waals surface area contributed by atoms with Crippen LogP contribution in [0.4, 0.5) is 5.69 Å². The van der Waals surface area contributed by atoms with Gasteiger partial charge in [0, 0.05) is 16.2 Å². The number of hydrogen-bond acceptors (Lipinski definition) is 2. The minimum atomic E-state index is -0.195. The van der Waals surface area contributed by atoms with Crippen LogP contribution in [-0.2, 0) is 9.53 Å². The van der Waals surface area contributed by atoms with Crippen molar-refractivity contribution < 1.29 is 9.53 Å². The van der Waals surface area contributed by atoms with Gasteiger partial charge in [0.15, 0.2) is 0 Å². The predicted octanol–water partition coefficient (Wildman–Crippen LogP) is 3.25. The SMILES string of the molecule is CCO/C=C/C(=O)Nc1ccc(Br)cc1C. The van der Waals surface area contributed by atoms with E-state index in [1.54, 1.807) is 0 Å². The first-order valence-electron chi connectivity index (χ1n) is 4.98. The fraction of sp³-hybridized carbons (Fsp3) is 0.250. The van der Waals surface area contributed by atoms with Crippen LogP contribution < -0.4 is 5.32 Å². The molecule has 1 aromatic rings. The quantitative estimate of drug-likeness (QED) is 0.681. The van der Waals surface area contributed by atoms with Crippen molar-refractivity contribution in [3.63, 3.8) is 0 Å². The minimum absolute atomic E-state index is 0.195. The molecule has 1 rings (SSSR count). The zero-order chi connectivity index (χ0) is 12.0. The summed E-state index contributed by atoms with van der Waals surface area (Å²) in [5, 5.41) is 2.77. The lowest BCUT2D eigenvalue weighted by Gasteiger charge is -2.06. The van der Waals surface area contributed by atoms with Gasteiger partial charge in [0.25, 0.3) is 5.91 Å². The number of hydrogen-bond donors (Lipinski definition) is 1. The molecule has 4 heteroatoms. The molecule has 1 N–H and O–H groups in total. The summed E-state index contributed by atoms with van der Waals surface area (Å²) in [6.45, 7) is 4.36. The first-order chi connectivity index (χ1) is 7.63. The highest BCUT2D eigenvalue weighted by atomic mass is 79.9. The molecule has 0 bridgehead atoms. The van der Waals surface area contributed by atoms with E-state index in [0.717, 1.165) is 15.7 Å². The highest BCUT2D eigenvalue weighted by molar-refractivity contribution is 9.10. The maximum atomic E-state index is 11.4. The van der Waals surface area contributed by atoms with Crippen molar-refractivity contribution in [1.82, 2.24) is 0 Å². The predicted molar refractivity (Wildman–Crippen MR) is 68.3 cm³/mol. The van der Waals surface area contributed by atoms with Crippen LogP contribution in [0.5, 0.6) is 0 Å². The fourth-order valence-corrected chi connectivity index (χ4v) is 1.62. The van der Waals surface area contributed by atoms with Crippen molar-refractivity contribution in [1.29, 1.82) is 0 Å². The first kappa shape index (κ1) is 12.8. The van der Waals surface area contributed by atoms with E-state index in [1.165, 1.54) is 12.3 Å². The number of aryl methyl sites for hydroxylation is 1. The van der Waals surface area contributed by atoms with Gasteiger partial charge in [-0.2, -0.15) is 0 Å². The van der Waals surface area contributed by atoms with E-state index in [-0.39, 0.29) is 5.91 Å². The van der Waals surface area contributed by atoms with Crippen molar-refractivity contribution in [2.75, 3.05) is 11.9 Å². The Kier molecular flexibility index (Phi) is 5.05. The molecule has 0 aliphatic heterocycles. The minimum Gasteiger partial charge on any atom is -0.501 e. The molecular formula is C12H14BrNO2. The van der Waals surface area contributed by atoms with Gasteiger partial charge in [-0.15, -0.1) is 0 Å². The third kappa shape index (κ3) is 4.06. The molecule has 0 unspecified atom stereocenters. The van der Waals surface area contributed by atoms with E-state index in [4.69, 9.17) is 4.74 Å². The smallest absolute Gasteiger partial charge is 0.251 e. The summed E-state index contributed by atoms with van der Waals surface area (Å²) in [6, 6.07) is 5.68. The molecule has 0 aliphatic rings. The maximum absolute atomic E-state index is 11.4. The normalized spacial score (nSPS) is 10.4. The number of carbonyl (C=O) groups excluding carboxylic acids is 1. The largest absolute Gasteiger partial charge is 0.501 e. The maximum Gasteiger partial charge on any atom is 0.251 e. The number of ether oxygens (including phenoxy) is 1. The summed E-state index contributed by atoms with van der Waals surface area (Å²) in [6.07, 6.45) is 2.76. The van der Waals surface area contributed by atoms with Crippen molar-refractivity contribution in [2.45, 2.75) is 13.8 Å². The lowest BCUT2D eigenvalue weighted by molar-refractivity contribution is -0.112. The monoisotopic (exact) mass is 283 g/mol. The molecule has 0 radical (unpaired) electrons. The van der Waals surface area contributed by atoms with Crippen LogP contribution in [0, 0.1) is 6.92 Å². The molecule has 16 heavy (non-hydrogen) atoms. The molecule has 0 saturated heterocycles. The van der Waals surface area contributed by atoms with Crippen LogP contribution in [0.2, 0.25) is 0 Å². The van der Waals surface area contributed by atoms with Crippen LogP contribution in [0.3, 0.4) is 0 Å². The second-order valence-electron chi connectivity index (χ2n) is 3.21. The van der Waals surface area contributed by atoms with Gasteiger partial charge < -0.3 is 10.1 Å². The molecule has 3 nitrogen and oxygen atoms in total. The molecule has 0 fully saturated rings. The molecule has 0 heterocycles. The summed E-state index contributed by atoms with van der Waals surface area (Å²) in [7, 11) is 0. The lowest BCUT2D eigenvalue weighted by Crippen LogP contribution is -2.09. The Morgan fingerprint density at radius 3 is 2.94 bits per heavy atom. The number of benzene rings is 1. The number of amides is 1. The Labute approximate surface area is 104 Å². The highest BCUT2D eigenvalue weighted by Gasteiger charge is 2.01. The van der Waals surface area contributed by atoms with Gasteiger partial charge in [0.05, 0.1) is 12.9 Å². The fourth-order valence-electron chi connectivity index (χ4n) is 1.15. The number of carbonyl (C=O) groups is 1. The van der Waals surface area contributed by atoms with E-state index in [9.17, 15) is 4.79 Å². The van der Waals surface area contributed by atoms with Crippen LogP contribution in [-0.4, -0.2) is 12.5 Å². The number of anilines is 1. The average Bonchev–Trinajstić information content (AvgIpc) is 2.23. The van der Waals surface area contributed by atoms with E-state index in [1.807, 2.05) is 32.0 Å². The van der Waals surface area contributed by atoms with Crippen molar-refractivity contribution >= 4 is 27.5 Å². The van der Waals surface area contributed by atoms with Crippen molar-refractivity contribution in [3.8, 4) is 0 Å². The summed E-state index contributed by atoms with van der Waals surface area (Å²) >= 11 is 3.37. The zero-order valence-electron chi connectivity index (χ0n) is 9.29. The number of nitrogens with one attached hydrogen (secondary N) is 1. The van der Waals surface area contributed by atoms with Gasteiger partial charge in [-0.25, -0.2) is 0 Å². The van der Waals surface area contributed by atoms with Crippen LogP contribution in [0.25, 0.3) is 0 Å². The Bertz CT molecular complexity index is 402. The van der Waals surface area contributed by atoms with Crippen LogP contribution in [0.15, 0.2) is 35.0 Å².